The summed E-state index contributed by atoms with van der Waals surface area (Å²) in [5.41, 5.74) is 6.05. The molecule has 7 N–H and O–H groups in total. The first-order valence-corrected chi connectivity index (χ1v) is 16.8. The van der Waals surface area contributed by atoms with Gasteiger partial charge in [0.15, 0.2) is 0 Å². The second-order valence-electron chi connectivity index (χ2n) is 9.48. The van der Waals surface area contributed by atoms with Gasteiger partial charge >= 0.3 is 12.0 Å². The zero-order chi connectivity index (χ0) is 37.2. The van der Waals surface area contributed by atoms with Gasteiger partial charge in [0.25, 0.3) is 0 Å². The summed E-state index contributed by atoms with van der Waals surface area (Å²) in [6, 6.07) is 5.58. The van der Waals surface area contributed by atoms with Crippen molar-refractivity contribution in [1.29, 1.82) is 0 Å². The molecule has 13 nitrogen and oxygen atoms in total. The van der Waals surface area contributed by atoms with Crippen molar-refractivity contribution < 1.29 is 33.5 Å². The summed E-state index contributed by atoms with van der Waals surface area (Å²) >= 11 is 0. The first kappa shape index (κ1) is 49.7. The van der Waals surface area contributed by atoms with Crippen molar-refractivity contribution in [3.05, 3.63) is 29.8 Å². The number of nitrogens with two attached hydrogens (primary N) is 1. The zero-order valence-electron chi connectivity index (χ0n) is 30.8. The Hall–Kier alpha value is -4.16. The van der Waals surface area contributed by atoms with Gasteiger partial charge in [-0.1, -0.05) is 81.4 Å². The highest BCUT2D eigenvalue weighted by molar-refractivity contribution is 5.96. The maximum absolute atomic E-state index is 12.5. The number of rotatable bonds is 16. The Labute approximate surface area is 283 Å². The third-order valence-corrected chi connectivity index (χ3v) is 5.39. The number of unbranched alkanes of at least 4 members (excludes halogenated alkanes) is 1. The van der Waals surface area contributed by atoms with Gasteiger partial charge < -0.3 is 37.1 Å². The number of esters is 1. The Balaban J connectivity index is -0.000000609. The molecule has 13 heteroatoms. The molecule has 1 rings (SSSR count). The Morgan fingerprint density at radius 3 is 1.79 bits per heavy atom. The van der Waals surface area contributed by atoms with Crippen LogP contribution in [0.4, 0.5) is 10.5 Å². The summed E-state index contributed by atoms with van der Waals surface area (Å²) in [6.07, 6.45) is 2.86. The number of urea groups is 1. The minimum Gasteiger partial charge on any atom is -0.461 e. The van der Waals surface area contributed by atoms with Crippen molar-refractivity contribution in [2.75, 3.05) is 25.0 Å². The van der Waals surface area contributed by atoms with Crippen LogP contribution >= 0.6 is 0 Å². The molecular formula is C34H64N6O7. The predicted molar refractivity (Wildman–Crippen MR) is 189 cm³/mol. The van der Waals surface area contributed by atoms with Gasteiger partial charge in [-0.05, 0) is 42.9 Å². The van der Waals surface area contributed by atoms with Crippen LogP contribution in [0.2, 0.25) is 0 Å². The number of nitrogens with one attached hydrogen (secondary N) is 5. The maximum atomic E-state index is 12.5. The molecule has 1 aromatic rings. The van der Waals surface area contributed by atoms with Crippen LogP contribution < -0.4 is 32.3 Å². The molecule has 1 unspecified atom stereocenters. The fourth-order valence-electron chi connectivity index (χ4n) is 3.14. The van der Waals surface area contributed by atoms with Crippen molar-refractivity contribution in [2.45, 2.75) is 121 Å². The Morgan fingerprint density at radius 2 is 1.34 bits per heavy atom. The van der Waals surface area contributed by atoms with Crippen molar-refractivity contribution in [1.82, 2.24) is 21.3 Å². The van der Waals surface area contributed by atoms with Gasteiger partial charge in [0, 0.05) is 38.5 Å². The molecule has 0 heterocycles. The van der Waals surface area contributed by atoms with Gasteiger partial charge in [-0.2, -0.15) is 0 Å². The largest absolute Gasteiger partial charge is 0.461 e. The van der Waals surface area contributed by atoms with E-state index in [0.29, 0.717) is 38.0 Å². The quantitative estimate of drug-likeness (QED) is 0.108. The minimum atomic E-state index is -0.763. The third kappa shape index (κ3) is 31.6. The van der Waals surface area contributed by atoms with Crippen molar-refractivity contribution in [3.8, 4) is 0 Å². The van der Waals surface area contributed by atoms with Crippen LogP contribution in [0.5, 0.6) is 0 Å². The lowest BCUT2D eigenvalue weighted by molar-refractivity contribution is -0.142. The molecular weight excluding hydrogens is 604 g/mol. The Morgan fingerprint density at radius 1 is 0.766 bits per heavy atom. The Kier molecular flexibility index (Phi) is 36.7. The molecule has 0 aliphatic rings. The lowest BCUT2D eigenvalue weighted by Crippen LogP contribution is -2.51. The van der Waals surface area contributed by atoms with Crippen molar-refractivity contribution in [2.24, 2.45) is 11.7 Å². The van der Waals surface area contributed by atoms with Gasteiger partial charge in [0.1, 0.15) is 12.6 Å². The molecule has 0 saturated heterocycles. The lowest BCUT2D eigenvalue weighted by atomic mass is 10.0. The molecule has 0 radical (unpaired) electrons. The fourth-order valence-corrected chi connectivity index (χ4v) is 3.14. The van der Waals surface area contributed by atoms with Crippen LogP contribution in [0.3, 0.4) is 0 Å². The van der Waals surface area contributed by atoms with Crippen LogP contribution in [-0.4, -0.2) is 61.3 Å². The van der Waals surface area contributed by atoms with E-state index in [0.717, 1.165) is 12.0 Å². The van der Waals surface area contributed by atoms with Crippen molar-refractivity contribution >= 4 is 41.3 Å². The van der Waals surface area contributed by atoms with E-state index >= 15 is 0 Å². The molecule has 0 fully saturated rings. The van der Waals surface area contributed by atoms with Crippen LogP contribution in [0, 0.1) is 5.92 Å². The summed E-state index contributed by atoms with van der Waals surface area (Å²) in [6.45, 7) is 21.8. The highest BCUT2D eigenvalue weighted by Crippen LogP contribution is 2.10. The number of anilines is 1. The summed E-state index contributed by atoms with van der Waals surface area (Å²) in [5, 5.41) is 13.1. The monoisotopic (exact) mass is 668 g/mol. The van der Waals surface area contributed by atoms with Crippen LogP contribution in [0.1, 0.15) is 114 Å². The van der Waals surface area contributed by atoms with Gasteiger partial charge in [-0.15, -0.1) is 0 Å². The SMILES string of the molecule is CC.CC.CC.CCC(=O)NCCCCC(=O)NC(C(=O)NCC(=O)Nc1ccc(COC(C)=O)cc1)C(C)C.CCCNC(N)=O. The topological polar surface area (TPSA) is 198 Å². The number of ether oxygens (including phenoxy) is 1. The van der Waals surface area contributed by atoms with E-state index in [4.69, 9.17) is 10.5 Å². The highest BCUT2D eigenvalue weighted by atomic mass is 16.5. The van der Waals surface area contributed by atoms with E-state index in [1.54, 1.807) is 31.2 Å². The Bertz CT molecular complexity index is 986. The number of hydrogen-bond acceptors (Lipinski definition) is 7. The minimum absolute atomic E-state index is 0.0266. The number of amides is 6. The summed E-state index contributed by atoms with van der Waals surface area (Å²) in [7, 11) is 0. The van der Waals surface area contributed by atoms with Crippen LogP contribution in [0.25, 0.3) is 0 Å². The second kappa shape index (κ2) is 34.7. The van der Waals surface area contributed by atoms with E-state index in [-0.39, 0.29) is 43.3 Å². The van der Waals surface area contributed by atoms with E-state index in [1.807, 2.05) is 62.3 Å². The fraction of sp³-hybridized carbons (Fsp3) is 0.647. The van der Waals surface area contributed by atoms with Crippen molar-refractivity contribution in [3.63, 3.8) is 0 Å². The molecule has 0 aliphatic carbocycles. The summed E-state index contributed by atoms with van der Waals surface area (Å²) in [5.74, 6) is -1.67. The van der Waals surface area contributed by atoms with Gasteiger partial charge in [0.05, 0.1) is 6.54 Å². The standard InChI is InChI=1S/C24H36N4O6.C4H10N2O.3C2H6/c1-5-20(30)25-13-7-6-8-21(31)28-23(16(2)3)24(33)26-14-22(32)27-19-11-9-18(10-12-19)15-34-17(4)29;1-2-3-6-4(5)7;3*1-2/h9-12,16,23H,5-8,13-15H2,1-4H3,(H,25,30)(H,26,33)(H,27,32)(H,28,31);2-3H2,1H3,(H3,5,6,7);3*1-2H3. The number of primary amides is 1. The van der Waals surface area contributed by atoms with E-state index < -0.39 is 23.9 Å². The molecule has 0 spiro atoms. The summed E-state index contributed by atoms with van der Waals surface area (Å²) in [4.78, 5) is 68.9. The molecule has 47 heavy (non-hydrogen) atoms. The molecule has 272 valence electrons. The van der Waals surface area contributed by atoms with E-state index in [9.17, 15) is 28.8 Å². The molecule has 6 amide bonds. The number of carbonyl (C=O) groups excluding carboxylic acids is 6. The first-order valence-electron chi connectivity index (χ1n) is 16.8. The molecule has 0 aliphatic heterocycles. The van der Waals surface area contributed by atoms with Gasteiger partial charge in [-0.3, -0.25) is 24.0 Å². The second-order valence-corrected chi connectivity index (χ2v) is 9.48. The van der Waals surface area contributed by atoms with E-state index in [2.05, 4.69) is 26.6 Å². The average molecular weight is 669 g/mol. The lowest BCUT2D eigenvalue weighted by Gasteiger charge is -2.21. The van der Waals surface area contributed by atoms with Crippen LogP contribution in [0.15, 0.2) is 24.3 Å². The highest BCUT2D eigenvalue weighted by Gasteiger charge is 2.24. The summed E-state index contributed by atoms with van der Waals surface area (Å²) < 4.78 is 4.91. The first-order chi connectivity index (χ1) is 22.4. The number of benzene rings is 1. The molecule has 0 aromatic heterocycles. The predicted octanol–water partition coefficient (Wildman–Crippen LogP) is 4.79. The van der Waals surface area contributed by atoms with E-state index in [1.165, 1.54) is 6.92 Å². The zero-order valence-corrected chi connectivity index (χ0v) is 30.8. The molecule has 0 saturated carbocycles. The molecule has 1 aromatic carbocycles. The van der Waals surface area contributed by atoms with Gasteiger partial charge in [0.2, 0.25) is 23.6 Å². The number of carbonyl (C=O) groups is 6. The van der Waals surface area contributed by atoms with Crippen LogP contribution in [-0.2, 0) is 35.3 Å². The smallest absolute Gasteiger partial charge is 0.312 e. The average Bonchev–Trinajstić information content (AvgIpc) is 3.07. The third-order valence-electron chi connectivity index (χ3n) is 5.39. The maximum Gasteiger partial charge on any atom is 0.312 e. The molecule has 1 atom stereocenters. The number of hydrogen-bond donors (Lipinski definition) is 6. The van der Waals surface area contributed by atoms with Gasteiger partial charge in [-0.25, -0.2) is 4.79 Å². The normalized spacial score (nSPS) is 9.79. The molecule has 0 bridgehead atoms.